The van der Waals surface area contributed by atoms with Gasteiger partial charge in [-0.05, 0) is 6.42 Å². The van der Waals surface area contributed by atoms with E-state index in [-0.39, 0.29) is 20.4 Å². The third-order valence-corrected chi connectivity index (χ3v) is 1.66. The minimum Gasteiger partial charge on any atom is -0.661 e. The molecule has 1 aromatic carbocycles. The molecule has 0 spiro atoms. The van der Waals surface area contributed by atoms with Crippen molar-refractivity contribution in [3.63, 3.8) is 0 Å². The predicted molar refractivity (Wildman–Crippen MR) is 42.3 cm³/mol. The summed E-state index contributed by atoms with van der Waals surface area (Å²) in [5, 5.41) is 4.26. The third-order valence-electron chi connectivity index (χ3n) is 1.66. The average molecular weight is 316 g/mol. The van der Waals surface area contributed by atoms with Crippen LogP contribution in [0, 0.1) is 0 Å². The SMILES string of the molecule is C=C1Cc2ccccc2[N-]1.[Re]. The van der Waals surface area contributed by atoms with Crippen LogP contribution in [0.3, 0.4) is 0 Å². The molecular formula is C9H8NRe-. The van der Waals surface area contributed by atoms with Crippen molar-refractivity contribution in [3.05, 3.63) is 47.4 Å². The van der Waals surface area contributed by atoms with Crippen molar-refractivity contribution in [1.29, 1.82) is 0 Å². The van der Waals surface area contributed by atoms with Crippen LogP contribution in [-0.2, 0) is 26.8 Å². The molecule has 1 aliphatic rings. The molecular weight excluding hydrogens is 308 g/mol. The molecule has 1 radical (unpaired) electrons. The average Bonchev–Trinajstić information content (AvgIpc) is 2.27. The first-order valence-electron chi connectivity index (χ1n) is 3.34. The van der Waals surface area contributed by atoms with Gasteiger partial charge in [0, 0.05) is 20.4 Å². The summed E-state index contributed by atoms with van der Waals surface area (Å²) in [7, 11) is 0. The second kappa shape index (κ2) is 3.21. The minimum absolute atomic E-state index is 0. The summed E-state index contributed by atoms with van der Waals surface area (Å²) in [6, 6.07) is 8.15. The van der Waals surface area contributed by atoms with E-state index in [0.717, 1.165) is 17.8 Å². The maximum absolute atomic E-state index is 4.26. The Balaban J connectivity index is 0.000000605. The van der Waals surface area contributed by atoms with Crippen molar-refractivity contribution in [1.82, 2.24) is 0 Å². The summed E-state index contributed by atoms with van der Waals surface area (Å²) in [6.45, 7) is 3.80. The molecule has 0 fully saturated rings. The number of hydrogen-bond donors (Lipinski definition) is 0. The first-order valence-corrected chi connectivity index (χ1v) is 3.34. The van der Waals surface area contributed by atoms with E-state index in [4.69, 9.17) is 0 Å². The van der Waals surface area contributed by atoms with Crippen molar-refractivity contribution in [3.8, 4) is 0 Å². The fourth-order valence-electron chi connectivity index (χ4n) is 1.20. The molecule has 1 aromatic rings. The zero-order valence-electron chi connectivity index (χ0n) is 6.05. The second-order valence-electron chi connectivity index (χ2n) is 2.48. The van der Waals surface area contributed by atoms with Crippen LogP contribution in [0.5, 0.6) is 0 Å². The van der Waals surface area contributed by atoms with Crippen molar-refractivity contribution in [2.75, 3.05) is 0 Å². The largest absolute Gasteiger partial charge is 0.661 e. The van der Waals surface area contributed by atoms with E-state index in [0.29, 0.717) is 0 Å². The maximum Gasteiger partial charge on any atom is 0 e. The quantitative estimate of drug-likeness (QED) is 0.699. The van der Waals surface area contributed by atoms with Gasteiger partial charge in [0.15, 0.2) is 0 Å². The van der Waals surface area contributed by atoms with Crippen LogP contribution in [-0.4, -0.2) is 0 Å². The molecule has 2 rings (SSSR count). The first kappa shape index (κ1) is 8.52. The van der Waals surface area contributed by atoms with Gasteiger partial charge in [0.25, 0.3) is 0 Å². The first-order chi connectivity index (χ1) is 4.86. The Labute approximate surface area is 80.2 Å². The van der Waals surface area contributed by atoms with Gasteiger partial charge in [-0.15, -0.1) is 12.3 Å². The van der Waals surface area contributed by atoms with Gasteiger partial charge in [0.1, 0.15) is 0 Å². The summed E-state index contributed by atoms with van der Waals surface area (Å²) >= 11 is 0. The van der Waals surface area contributed by atoms with Gasteiger partial charge in [-0.1, -0.05) is 29.8 Å². The monoisotopic (exact) mass is 317 g/mol. The maximum atomic E-state index is 4.26. The Bertz CT molecular complexity index is 254. The van der Waals surface area contributed by atoms with Crippen LogP contribution in [0.4, 0.5) is 5.69 Å². The van der Waals surface area contributed by atoms with Crippen LogP contribution in [0.25, 0.3) is 5.32 Å². The van der Waals surface area contributed by atoms with Crippen LogP contribution in [0.2, 0.25) is 0 Å². The van der Waals surface area contributed by atoms with Crippen molar-refractivity contribution < 1.29 is 20.4 Å². The van der Waals surface area contributed by atoms with Crippen LogP contribution >= 0.6 is 0 Å². The molecule has 0 aliphatic carbocycles. The Morgan fingerprint density at radius 3 is 2.73 bits per heavy atom. The van der Waals surface area contributed by atoms with Gasteiger partial charge in [0.05, 0.1) is 0 Å². The fraction of sp³-hybridized carbons (Fsp3) is 0.111. The molecule has 0 saturated carbocycles. The number of hydrogen-bond acceptors (Lipinski definition) is 0. The van der Waals surface area contributed by atoms with Crippen LogP contribution < -0.4 is 0 Å². The Kier molecular flexibility index (Phi) is 2.49. The van der Waals surface area contributed by atoms with Gasteiger partial charge in [-0.2, -0.15) is 5.70 Å². The number of rotatable bonds is 0. The van der Waals surface area contributed by atoms with Gasteiger partial charge in [-0.25, -0.2) is 0 Å². The van der Waals surface area contributed by atoms with E-state index in [1.54, 1.807) is 0 Å². The zero-order valence-corrected chi connectivity index (χ0v) is 8.76. The van der Waals surface area contributed by atoms with Gasteiger partial charge >= 0.3 is 0 Å². The summed E-state index contributed by atoms with van der Waals surface area (Å²) in [4.78, 5) is 0. The van der Waals surface area contributed by atoms with Crippen LogP contribution in [0.1, 0.15) is 5.56 Å². The molecule has 0 N–H and O–H groups in total. The summed E-state index contributed by atoms with van der Waals surface area (Å²) < 4.78 is 0. The van der Waals surface area contributed by atoms with Crippen molar-refractivity contribution >= 4 is 5.69 Å². The van der Waals surface area contributed by atoms with Gasteiger partial charge < -0.3 is 5.32 Å². The zero-order chi connectivity index (χ0) is 6.97. The predicted octanol–water partition coefficient (Wildman–Crippen LogP) is 2.76. The Morgan fingerprint density at radius 2 is 2.00 bits per heavy atom. The number of benzene rings is 1. The summed E-state index contributed by atoms with van der Waals surface area (Å²) in [5.41, 5.74) is 3.36. The summed E-state index contributed by atoms with van der Waals surface area (Å²) in [5.74, 6) is 0. The number of nitrogens with zero attached hydrogens (tertiary/aromatic N) is 1. The molecule has 0 aromatic heterocycles. The molecule has 1 heterocycles. The molecule has 2 heteroatoms. The number of para-hydroxylation sites is 1. The van der Waals surface area contributed by atoms with Gasteiger partial charge in [0.2, 0.25) is 0 Å². The molecule has 0 bridgehead atoms. The standard InChI is InChI=1S/C9H8N.Re/c1-7-6-8-4-2-3-5-9(8)10-7;/h2-5H,1,6H2;/q-1;. The molecule has 0 saturated heterocycles. The molecule has 11 heavy (non-hydrogen) atoms. The van der Waals surface area contributed by atoms with Crippen molar-refractivity contribution in [2.45, 2.75) is 6.42 Å². The van der Waals surface area contributed by atoms with Crippen LogP contribution in [0.15, 0.2) is 36.5 Å². The Morgan fingerprint density at radius 1 is 1.27 bits per heavy atom. The molecule has 1 nitrogen and oxygen atoms in total. The van der Waals surface area contributed by atoms with Gasteiger partial charge in [-0.3, -0.25) is 0 Å². The van der Waals surface area contributed by atoms with E-state index >= 15 is 0 Å². The smallest absolute Gasteiger partial charge is 0 e. The van der Waals surface area contributed by atoms with E-state index in [2.05, 4.69) is 18.0 Å². The minimum atomic E-state index is 0. The fourth-order valence-corrected chi connectivity index (χ4v) is 1.20. The van der Waals surface area contributed by atoms with Crippen molar-refractivity contribution in [2.24, 2.45) is 0 Å². The number of allylic oxidation sites excluding steroid dienone is 1. The van der Waals surface area contributed by atoms with E-state index in [9.17, 15) is 0 Å². The normalized spacial score (nSPS) is 13.3. The van der Waals surface area contributed by atoms with E-state index < -0.39 is 0 Å². The molecule has 0 amide bonds. The molecule has 57 valence electrons. The Hall–Kier alpha value is -0.578. The topological polar surface area (TPSA) is 14.1 Å². The third kappa shape index (κ3) is 1.53. The summed E-state index contributed by atoms with van der Waals surface area (Å²) in [6.07, 6.45) is 0.927. The van der Waals surface area contributed by atoms with E-state index in [1.807, 2.05) is 18.2 Å². The second-order valence-corrected chi connectivity index (χ2v) is 2.48. The van der Waals surface area contributed by atoms with E-state index in [1.165, 1.54) is 5.56 Å². The molecule has 0 unspecified atom stereocenters. The molecule has 1 aliphatic heterocycles. The molecule has 0 atom stereocenters. The number of fused-ring (bicyclic) bond motifs is 1.